The Balaban J connectivity index is 2.52. The summed E-state index contributed by atoms with van der Waals surface area (Å²) in [5.74, 6) is 0.446. The van der Waals surface area contributed by atoms with Crippen molar-refractivity contribution in [2.45, 2.75) is 51.7 Å². The molecule has 0 bridgehead atoms. The molecular weight excluding hydrogens is 216 g/mol. The number of β-amino-alcohol motifs (C(OH)–C–C–N with tert-alkyl or cyclic N) is 1. The van der Waals surface area contributed by atoms with E-state index in [0.29, 0.717) is 12.5 Å². The molecular formula is C13H26N2O2. The third-order valence-electron chi connectivity index (χ3n) is 3.88. The van der Waals surface area contributed by atoms with Crippen LogP contribution in [0.5, 0.6) is 0 Å². The van der Waals surface area contributed by atoms with Crippen molar-refractivity contribution >= 4 is 5.91 Å². The number of amides is 1. The minimum absolute atomic E-state index is 0.0577. The molecule has 2 atom stereocenters. The maximum Gasteiger partial charge on any atom is 0.239 e. The summed E-state index contributed by atoms with van der Waals surface area (Å²) >= 11 is 0. The highest BCUT2D eigenvalue weighted by molar-refractivity contribution is 5.82. The fourth-order valence-electron chi connectivity index (χ4n) is 2.60. The molecule has 1 aliphatic rings. The van der Waals surface area contributed by atoms with Crippen molar-refractivity contribution in [1.29, 1.82) is 0 Å². The molecule has 1 aliphatic heterocycles. The summed E-state index contributed by atoms with van der Waals surface area (Å²) in [6.45, 7) is 5.45. The second kappa shape index (κ2) is 6.97. The molecule has 4 nitrogen and oxygen atoms in total. The van der Waals surface area contributed by atoms with Crippen LogP contribution >= 0.6 is 0 Å². The van der Waals surface area contributed by atoms with Gasteiger partial charge in [0.15, 0.2) is 0 Å². The SMILES string of the molecule is CCC(CC)C(O)CN1CCCC(NC)C1=O. The monoisotopic (exact) mass is 242 g/mol. The first kappa shape index (κ1) is 14.5. The van der Waals surface area contributed by atoms with Gasteiger partial charge in [-0.2, -0.15) is 0 Å². The highest BCUT2D eigenvalue weighted by Gasteiger charge is 2.29. The van der Waals surface area contributed by atoms with Gasteiger partial charge >= 0.3 is 0 Å². The van der Waals surface area contributed by atoms with Crippen LogP contribution in [0.25, 0.3) is 0 Å². The summed E-state index contributed by atoms with van der Waals surface area (Å²) in [6, 6.07) is -0.0577. The van der Waals surface area contributed by atoms with Crippen LogP contribution in [0.4, 0.5) is 0 Å². The van der Waals surface area contributed by atoms with Gasteiger partial charge in [0, 0.05) is 13.1 Å². The molecule has 1 amide bonds. The molecule has 100 valence electrons. The molecule has 1 heterocycles. The summed E-state index contributed by atoms with van der Waals surface area (Å²) in [5.41, 5.74) is 0. The lowest BCUT2D eigenvalue weighted by Crippen LogP contribution is -2.52. The summed E-state index contributed by atoms with van der Waals surface area (Å²) in [6.07, 6.45) is 3.48. The Morgan fingerprint density at radius 1 is 1.47 bits per heavy atom. The Morgan fingerprint density at radius 2 is 2.12 bits per heavy atom. The second-order valence-corrected chi connectivity index (χ2v) is 4.91. The van der Waals surface area contributed by atoms with Crippen molar-refractivity contribution in [2.24, 2.45) is 5.92 Å². The number of rotatable bonds is 6. The highest BCUT2D eigenvalue weighted by Crippen LogP contribution is 2.17. The van der Waals surface area contributed by atoms with Crippen LogP contribution in [0.15, 0.2) is 0 Å². The van der Waals surface area contributed by atoms with E-state index in [1.807, 2.05) is 11.9 Å². The third-order valence-corrected chi connectivity index (χ3v) is 3.88. The van der Waals surface area contributed by atoms with Crippen LogP contribution < -0.4 is 5.32 Å². The van der Waals surface area contributed by atoms with Crippen molar-refractivity contribution in [3.05, 3.63) is 0 Å². The number of likely N-dealkylation sites (tertiary alicyclic amines) is 1. The fourth-order valence-corrected chi connectivity index (χ4v) is 2.60. The average molecular weight is 242 g/mol. The first-order valence-corrected chi connectivity index (χ1v) is 6.78. The maximum atomic E-state index is 12.0. The van der Waals surface area contributed by atoms with E-state index < -0.39 is 0 Å². The minimum Gasteiger partial charge on any atom is -0.391 e. The second-order valence-electron chi connectivity index (χ2n) is 4.91. The summed E-state index contributed by atoms with van der Waals surface area (Å²) in [7, 11) is 1.82. The minimum atomic E-state index is -0.385. The van der Waals surface area contributed by atoms with Gasteiger partial charge in [-0.3, -0.25) is 4.79 Å². The van der Waals surface area contributed by atoms with Crippen LogP contribution in [-0.2, 0) is 4.79 Å². The topological polar surface area (TPSA) is 52.6 Å². The Morgan fingerprint density at radius 3 is 2.65 bits per heavy atom. The van der Waals surface area contributed by atoms with Gasteiger partial charge in [0.05, 0.1) is 12.1 Å². The molecule has 0 aromatic rings. The van der Waals surface area contributed by atoms with Gasteiger partial charge in [0.25, 0.3) is 0 Å². The number of aliphatic hydroxyl groups excluding tert-OH is 1. The predicted octanol–water partition coefficient (Wildman–Crippen LogP) is 0.994. The molecule has 1 rings (SSSR count). The molecule has 0 aliphatic carbocycles. The van der Waals surface area contributed by atoms with Crippen LogP contribution in [0.3, 0.4) is 0 Å². The Kier molecular flexibility index (Phi) is 5.92. The molecule has 0 saturated carbocycles. The van der Waals surface area contributed by atoms with Crippen LogP contribution in [0, 0.1) is 5.92 Å². The summed E-state index contributed by atoms with van der Waals surface area (Å²) in [5, 5.41) is 13.2. The van der Waals surface area contributed by atoms with Gasteiger partial charge in [-0.05, 0) is 25.8 Å². The number of nitrogens with one attached hydrogen (secondary N) is 1. The zero-order chi connectivity index (χ0) is 12.8. The van der Waals surface area contributed by atoms with Crippen molar-refractivity contribution in [3.63, 3.8) is 0 Å². The molecule has 2 N–H and O–H groups in total. The Bertz CT molecular complexity index is 242. The van der Waals surface area contributed by atoms with Gasteiger partial charge < -0.3 is 15.3 Å². The molecule has 0 spiro atoms. The van der Waals surface area contributed by atoms with Crippen molar-refractivity contribution in [1.82, 2.24) is 10.2 Å². The highest BCUT2D eigenvalue weighted by atomic mass is 16.3. The lowest BCUT2D eigenvalue weighted by molar-refractivity contribution is -0.137. The number of hydrogen-bond donors (Lipinski definition) is 2. The normalized spacial score (nSPS) is 23.2. The van der Waals surface area contributed by atoms with Gasteiger partial charge in [-0.1, -0.05) is 26.7 Å². The molecule has 2 unspecified atom stereocenters. The number of nitrogens with zero attached hydrogens (tertiary/aromatic N) is 1. The van der Waals surface area contributed by atoms with Gasteiger partial charge in [-0.15, -0.1) is 0 Å². The van der Waals surface area contributed by atoms with Crippen molar-refractivity contribution < 1.29 is 9.90 Å². The lowest BCUT2D eigenvalue weighted by Gasteiger charge is -2.35. The number of aliphatic hydroxyl groups is 1. The first-order valence-electron chi connectivity index (χ1n) is 6.78. The zero-order valence-electron chi connectivity index (χ0n) is 11.3. The van der Waals surface area contributed by atoms with Gasteiger partial charge in [0.2, 0.25) is 5.91 Å². The standard InChI is InChI=1S/C13H26N2O2/c1-4-10(5-2)12(16)9-15-8-6-7-11(14-3)13(15)17/h10-12,14,16H,4-9H2,1-3H3. The Labute approximate surface area is 104 Å². The number of carbonyl (C=O) groups is 1. The fraction of sp³-hybridized carbons (Fsp3) is 0.923. The van der Waals surface area contributed by atoms with Crippen LogP contribution in [0.2, 0.25) is 0 Å². The van der Waals surface area contributed by atoms with E-state index in [1.54, 1.807) is 0 Å². The van der Waals surface area contributed by atoms with Crippen LogP contribution in [0.1, 0.15) is 39.5 Å². The molecule has 17 heavy (non-hydrogen) atoms. The smallest absolute Gasteiger partial charge is 0.239 e. The maximum absolute atomic E-state index is 12.0. The van der Waals surface area contributed by atoms with Gasteiger partial charge in [0.1, 0.15) is 0 Å². The number of carbonyl (C=O) groups excluding carboxylic acids is 1. The zero-order valence-corrected chi connectivity index (χ0v) is 11.3. The van der Waals surface area contributed by atoms with E-state index in [4.69, 9.17) is 0 Å². The molecule has 4 heteroatoms. The van der Waals surface area contributed by atoms with E-state index in [2.05, 4.69) is 19.2 Å². The van der Waals surface area contributed by atoms with Crippen molar-refractivity contribution in [3.8, 4) is 0 Å². The van der Waals surface area contributed by atoms with E-state index >= 15 is 0 Å². The van der Waals surface area contributed by atoms with Crippen LogP contribution in [-0.4, -0.2) is 48.2 Å². The summed E-state index contributed by atoms with van der Waals surface area (Å²) < 4.78 is 0. The third kappa shape index (κ3) is 3.68. The molecule has 0 aromatic heterocycles. The molecule has 0 radical (unpaired) electrons. The van der Waals surface area contributed by atoms with Crippen molar-refractivity contribution in [2.75, 3.05) is 20.1 Å². The Hall–Kier alpha value is -0.610. The largest absolute Gasteiger partial charge is 0.391 e. The summed E-state index contributed by atoms with van der Waals surface area (Å²) in [4.78, 5) is 13.9. The van der Waals surface area contributed by atoms with E-state index in [-0.39, 0.29) is 18.1 Å². The number of piperidine rings is 1. The average Bonchev–Trinajstić information content (AvgIpc) is 2.33. The number of hydrogen-bond acceptors (Lipinski definition) is 3. The molecule has 1 fully saturated rings. The van der Waals surface area contributed by atoms with E-state index in [9.17, 15) is 9.90 Å². The molecule has 1 saturated heterocycles. The van der Waals surface area contributed by atoms with E-state index in [0.717, 1.165) is 32.2 Å². The first-order chi connectivity index (χ1) is 8.13. The quantitative estimate of drug-likeness (QED) is 0.730. The lowest BCUT2D eigenvalue weighted by atomic mass is 9.95. The predicted molar refractivity (Wildman–Crippen MR) is 68.7 cm³/mol. The van der Waals surface area contributed by atoms with Gasteiger partial charge in [-0.25, -0.2) is 0 Å². The van der Waals surface area contributed by atoms with E-state index in [1.165, 1.54) is 0 Å². The number of likely N-dealkylation sites (N-methyl/N-ethyl adjacent to an activating group) is 1. The molecule has 0 aromatic carbocycles.